The van der Waals surface area contributed by atoms with Gasteiger partial charge in [0.2, 0.25) is 5.91 Å². The fraction of sp³-hybridized carbons (Fsp3) is 0.588. The van der Waals surface area contributed by atoms with E-state index in [1.54, 1.807) is 0 Å². The summed E-state index contributed by atoms with van der Waals surface area (Å²) >= 11 is 0. The Kier molecular flexibility index (Phi) is 4.88. The van der Waals surface area contributed by atoms with Crippen LogP contribution in [0.1, 0.15) is 32.8 Å². The molecule has 1 heterocycles. The van der Waals surface area contributed by atoms with Gasteiger partial charge in [-0.05, 0) is 44.9 Å². The van der Waals surface area contributed by atoms with Gasteiger partial charge in [-0.2, -0.15) is 0 Å². The monoisotopic (exact) mass is 290 g/mol. The van der Waals surface area contributed by atoms with Crippen LogP contribution in [0, 0.1) is 5.92 Å². The number of amides is 1. The van der Waals surface area contributed by atoms with Crippen LogP contribution in [0.15, 0.2) is 24.3 Å². The number of rotatable bonds is 5. The zero-order valence-corrected chi connectivity index (χ0v) is 13.3. The molecule has 2 rings (SSSR count). The van der Waals surface area contributed by atoms with Gasteiger partial charge in [-0.1, -0.05) is 12.1 Å². The van der Waals surface area contributed by atoms with E-state index >= 15 is 0 Å². The molecule has 4 nitrogen and oxygen atoms in total. The Labute approximate surface area is 127 Å². The fourth-order valence-electron chi connectivity index (χ4n) is 2.81. The van der Waals surface area contributed by atoms with Crippen molar-refractivity contribution in [1.82, 2.24) is 4.90 Å². The number of nitrogens with zero attached hydrogens (tertiary/aromatic N) is 1. The molecule has 1 aromatic carbocycles. The normalized spacial score (nSPS) is 18.7. The SMILES string of the molecule is CCN(CC1CCOC1)C(=O)C(C)(C)c1ccc(N)cc1. The van der Waals surface area contributed by atoms with Crippen molar-refractivity contribution < 1.29 is 9.53 Å². The molecule has 1 amide bonds. The first-order chi connectivity index (χ1) is 9.95. The highest BCUT2D eigenvalue weighted by atomic mass is 16.5. The van der Waals surface area contributed by atoms with Gasteiger partial charge in [0.05, 0.1) is 12.0 Å². The zero-order chi connectivity index (χ0) is 15.5. The minimum absolute atomic E-state index is 0.168. The summed E-state index contributed by atoms with van der Waals surface area (Å²) in [4.78, 5) is 14.9. The lowest BCUT2D eigenvalue weighted by Gasteiger charge is -2.33. The van der Waals surface area contributed by atoms with Gasteiger partial charge in [0.15, 0.2) is 0 Å². The van der Waals surface area contributed by atoms with Crippen LogP contribution < -0.4 is 5.73 Å². The Balaban J connectivity index is 2.12. The van der Waals surface area contributed by atoms with E-state index in [9.17, 15) is 4.79 Å². The second kappa shape index (κ2) is 6.48. The molecule has 1 unspecified atom stereocenters. The van der Waals surface area contributed by atoms with Crippen LogP contribution in [0.3, 0.4) is 0 Å². The Morgan fingerprint density at radius 1 is 1.38 bits per heavy atom. The Hall–Kier alpha value is -1.55. The third-order valence-electron chi connectivity index (χ3n) is 4.34. The lowest BCUT2D eigenvalue weighted by atomic mass is 9.83. The highest BCUT2D eigenvalue weighted by Crippen LogP contribution is 2.27. The second-order valence-electron chi connectivity index (χ2n) is 6.32. The van der Waals surface area contributed by atoms with E-state index in [-0.39, 0.29) is 5.91 Å². The Bertz CT molecular complexity index is 476. The highest BCUT2D eigenvalue weighted by molar-refractivity contribution is 5.87. The molecule has 1 saturated heterocycles. The molecule has 0 spiro atoms. The molecule has 1 atom stereocenters. The largest absolute Gasteiger partial charge is 0.399 e. The molecule has 1 aliphatic heterocycles. The number of carbonyl (C=O) groups excluding carboxylic acids is 1. The number of likely N-dealkylation sites (N-methyl/N-ethyl adjacent to an activating group) is 1. The van der Waals surface area contributed by atoms with E-state index in [4.69, 9.17) is 10.5 Å². The van der Waals surface area contributed by atoms with Crippen molar-refractivity contribution >= 4 is 11.6 Å². The predicted octanol–water partition coefficient (Wildman–Crippen LogP) is 2.43. The van der Waals surface area contributed by atoms with Crippen molar-refractivity contribution in [2.45, 2.75) is 32.6 Å². The van der Waals surface area contributed by atoms with Gasteiger partial charge in [0.25, 0.3) is 0 Å². The standard InChI is InChI=1S/C17H26N2O2/c1-4-19(11-13-9-10-21-12-13)16(20)17(2,3)14-5-7-15(18)8-6-14/h5-8,13H,4,9-12,18H2,1-3H3. The highest BCUT2D eigenvalue weighted by Gasteiger charge is 2.34. The van der Waals surface area contributed by atoms with Crippen molar-refractivity contribution in [1.29, 1.82) is 0 Å². The molecule has 1 aromatic rings. The van der Waals surface area contributed by atoms with Gasteiger partial charge in [-0.15, -0.1) is 0 Å². The Morgan fingerprint density at radius 3 is 2.57 bits per heavy atom. The number of nitrogens with two attached hydrogens (primary N) is 1. The quantitative estimate of drug-likeness (QED) is 0.847. The average molecular weight is 290 g/mol. The molecule has 116 valence electrons. The van der Waals surface area contributed by atoms with Crippen molar-refractivity contribution in [3.8, 4) is 0 Å². The number of carbonyl (C=O) groups is 1. The summed E-state index contributed by atoms with van der Waals surface area (Å²) in [5, 5.41) is 0. The summed E-state index contributed by atoms with van der Waals surface area (Å²) in [5.74, 6) is 0.637. The number of hydrogen-bond donors (Lipinski definition) is 1. The number of benzene rings is 1. The zero-order valence-electron chi connectivity index (χ0n) is 13.3. The molecule has 0 saturated carbocycles. The minimum atomic E-state index is -0.539. The van der Waals surface area contributed by atoms with E-state index in [1.165, 1.54) is 0 Å². The molecule has 0 aromatic heterocycles. The summed E-state index contributed by atoms with van der Waals surface area (Å²) in [6, 6.07) is 7.59. The maximum absolute atomic E-state index is 12.9. The van der Waals surface area contributed by atoms with E-state index < -0.39 is 5.41 Å². The first-order valence-electron chi connectivity index (χ1n) is 7.68. The van der Waals surface area contributed by atoms with Crippen molar-refractivity contribution in [2.24, 2.45) is 5.92 Å². The van der Waals surface area contributed by atoms with Crippen LogP contribution in [0.2, 0.25) is 0 Å². The van der Waals surface area contributed by atoms with Gasteiger partial charge in [-0.25, -0.2) is 0 Å². The van der Waals surface area contributed by atoms with Crippen LogP contribution >= 0.6 is 0 Å². The third kappa shape index (κ3) is 3.56. The molecule has 2 N–H and O–H groups in total. The van der Waals surface area contributed by atoms with Crippen molar-refractivity contribution in [2.75, 3.05) is 32.0 Å². The first kappa shape index (κ1) is 15.8. The average Bonchev–Trinajstić information content (AvgIpc) is 2.97. The smallest absolute Gasteiger partial charge is 0.232 e. The van der Waals surface area contributed by atoms with Gasteiger partial charge >= 0.3 is 0 Å². The van der Waals surface area contributed by atoms with Crippen LogP contribution in [0.4, 0.5) is 5.69 Å². The van der Waals surface area contributed by atoms with Gasteiger partial charge < -0.3 is 15.4 Å². The van der Waals surface area contributed by atoms with Crippen LogP contribution in [0.5, 0.6) is 0 Å². The van der Waals surface area contributed by atoms with Crippen LogP contribution in [-0.4, -0.2) is 37.1 Å². The van der Waals surface area contributed by atoms with Crippen LogP contribution in [0.25, 0.3) is 0 Å². The summed E-state index contributed by atoms with van der Waals surface area (Å²) in [6.07, 6.45) is 1.05. The molecule has 21 heavy (non-hydrogen) atoms. The van der Waals surface area contributed by atoms with Crippen molar-refractivity contribution in [3.05, 3.63) is 29.8 Å². The molecule has 0 radical (unpaired) electrons. The van der Waals surface area contributed by atoms with Gasteiger partial charge in [0, 0.05) is 31.3 Å². The number of nitrogen functional groups attached to an aromatic ring is 1. The Morgan fingerprint density at radius 2 is 2.05 bits per heavy atom. The third-order valence-corrected chi connectivity index (χ3v) is 4.34. The van der Waals surface area contributed by atoms with Crippen molar-refractivity contribution in [3.63, 3.8) is 0 Å². The summed E-state index contributed by atoms with van der Waals surface area (Å²) in [5.41, 5.74) is 6.92. The van der Waals surface area contributed by atoms with Gasteiger partial charge in [-0.3, -0.25) is 4.79 Å². The fourth-order valence-corrected chi connectivity index (χ4v) is 2.81. The van der Waals surface area contributed by atoms with E-state index in [0.717, 1.165) is 44.0 Å². The molecule has 0 bridgehead atoms. The molecular formula is C17H26N2O2. The second-order valence-corrected chi connectivity index (χ2v) is 6.32. The van der Waals surface area contributed by atoms with E-state index in [0.29, 0.717) is 5.92 Å². The summed E-state index contributed by atoms with van der Waals surface area (Å²) in [7, 11) is 0. The lowest BCUT2D eigenvalue weighted by Crippen LogP contribution is -2.45. The maximum atomic E-state index is 12.9. The maximum Gasteiger partial charge on any atom is 0.232 e. The number of ether oxygens (including phenoxy) is 1. The number of anilines is 1. The number of hydrogen-bond acceptors (Lipinski definition) is 3. The topological polar surface area (TPSA) is 55.6 Å². The van der Waals surface area contributed by atoms with E-state index in [2.05, 4.69) is 0 Å². The van der Waals surface area contributed by atoms with E-state index in [1.807, 2.05) is 49.9 Å². The molecular weight excluding hydrogens is 264 g/mol. The molecule has 1 fully saturated rings. The lowest BCUT2D eigenvalue weighted by molar-refractivity contribution is -0.136. The predicted molar refractivity (Wildman–Crippen MR) is 85.1 cm³/mol. The molecule has 1 aliphatic rings. The molecule has 4 heteroatoms. The summed E-state index contributed by atoms with van der Waals surface area (Å²) in [6.45, 7) is 9.10. The summed E-state index contributed by atoms with van der Waals surface area (Å²) < 4.78 is 5.41. The minimum Gasteiger partial charge on any atom is -0.399 e. The van der Waals surface area contributed by atoms with Crippen LogP contribution in [-0.2, 0) is 14.9 Å². The van der Waals surface area contributed by atoms with Gasteiger partial charge in [0.1, 0.15) is 0 Å². The molecule has 0 aliphatic carbocycles. The first-order valence-corrected chi connectivity index (χ1v) is 7.68.